The molecule has 2 N–H and O–H groups in total. The number of carbonyl (C=O) groups is 2. The predicted octanol–water partition coefficient (Wildman–Crippen LogP) is 3.76. The maximum atomic E-state index is 12.0. The van der Waals surface area contributed by atoms with Crippen molar-refractivity contribution in [2.24, 2.45) is 0 Å². The Kier molecular flexibility index (Phi) is 7.27. The van der Waals surface area contributed by atoms with E-state index in [1.54, 1.807) is 0 Å². The number of aryl methyl sites for hydroxylation is 1. The molecule has 0 aliphatic rings. The first-order valence-electron chi connectivity index (χ1n) is 8.63. The van der Waals surface area contributed by atoms with Crippen LogP contribution in [-0.4, -0.2) is 29.9 Å². The lowest BCUT2D eigenvalue weighted by molar-refractivity contribution is -0.118. The van der Waals surface area contributed by atoms with Crippen LogP contribution in [0.25, 0.3) is 0 Å². The third kappa shape index (κ3) is 6.56. The van der Waals surface area contributed by atoms with Gasteiger partial charge in [0.15, 0.2) is 0 Å². The van der Waals surface area contributed by atoms with Gasteiger partial charge in [0, 0.05) is 17.6 Å². The summed E-state index contributed by atoms with van der Waals surface area (Å²) in [5, 5.41) is 5.79. The molecule has 2 rings (SSSR count). The SMILES string of the molecule is Cc1ccc(NC(=O)CSCC(=O)NCC(C)(C)c2ccccc2)cc1. The molecule has 0 atom stereocenters. The summed E-state index contributed by atoms with van der Waals surface area (Å²) in [6.45, 7) is 6.76. The standard InChI is InChI=1S/C21H26N2O2S/c1-16-9-11-18(12-10-16)23-20(25)14-26-13-19(24)22-15-21(2,3)17-7-5-4-6-8-17/h4-12H,13-15H2,1-3H3,(H,22,24)(H,23,25). The van der Waals surface area contributed by atoms with E-state index in [0.29, 0.717) is 6.54 Å². The molecular weight excluding hydrogens is 344 g/mol. The predicted molar refractivity (Wildman–Crippen MR) is 110 cm³/mol. The molecule has 26 heavy (non-hydrogen) atoms. The van der Waals surface area contributed by atoms with Crippen molar-refractivity contribution >= 4 is 29.3 Å². The largest absolute Gasteiger partial charge is 0.355 e. The van der Waals surface area contributed by atoms with Crippen LogP contribution in [0.5, 0.6) is 0 Å². The monoisotopic (exact) mass is 370 g/mol. The molecular formula is C21H26N2O2S. The Morgan fingerprint density at radius 1 is 0.923 bits per heavy atom. The number of hydrogen-bond acceptors (Lipinski definition) is 3. The van der Waals surface area contributed by atoms with Crippen LogP contribution in [-0.2, 0) is 15.0 Å². The maximum Gasteiger partial charge on any atom is 0.234 e. The van der Waals surface area contributed by atoms with Gasteiger partial charge in [0.1, 0.15) is 0 Å². The van der Waals surface area contributed by atoms with Crippen molar-refractivity contribution in [1.82, 2.24) is 5.32 Å². The van der Waals surface area contributed by atoms with Crippen LogP contribution < -0.4 is 10.6 Å². The first-order valence-corrected chi connectivity index (χ1v) is 9.79. The van der Waals surface area contributed by atoms with Crippen LogP contribution in [0.2, 0.25) is 0 Å². The van der Waals surface area contributed by atoms with Gasteiger partial charge in [-0.15, -0.1) is 11.8 Å². The number of benzene rings is 2. The van der Waals surface area contributed by atoms with E-state index in [2.05, 4.69) is 36.6 Å². The molecule has 0 aliphatic heterocycles. The molecule has 0 spiro atoms. The summed E-state index contributed by atoms with van der Waals surface area (Å²) in [5.74, 6) is 0.369. The van der Waals surface area contributed by atoms with Gasteiger partial charge in [-0.3, -0.25) is 9.59 Å². The van der Waals surface area contributed by atoms with Crippen molar-refractivity contribution < 1.29 is 9.59 Å². The van der Waals surface area contributed by atoms with Crippen molar-refractivity contribution in [2.45, 2.75) is 26.2 Å². The van der Waals surface area contributed by atoms with E-state index < -0.39 is 0 Å². The molecule has 0 saturated carbocycles. The van der Waals surface area contributed by atoms with Gasteiger partial charge in [0.25, 0.3) is 0 Å². The van der Waals surface area contributed by atoms with Gasteiger partial charge in [-0.25, -0.2) is 0 Å². The fraction of sp³-hybridized carbons (Fsp3) is 0.333. The van der Waals surface area contributed by atoms with Crippen LogP contribution in [0.4, 0.5) is 5.69 Å². The van der Waals surface area contributed by atoms with Gasteiger partial charge in [-0.2, -0.15) is 0 Å². The van der Waals surface area contributed by atoms with Crippen LogP contribution in [0.15, 0.2) is 54.6 Å². The van der Waals surface area contributed by atoms with Crippen LogP contribution in [0, 0.1) is 6.92 Å². The Balaban J connectivity index is 1.68. The number of thioether (sulfide) groups is 1. The molecule has 0 fully saturated rings. The zero-order chi connectivity index (χ0) is 19.0. The first kappa shape index (κ1) is 20.0. The minimum atomic E-state index is -0.135. The van der Waals surface area contributed by atoms with Crippen molar-refractivity contribution in [3.63, 3.8) is 0 Å². The second-order valence-corrected chi connectivity index (χ2v) is 7.92. The Bertz CT molecular complexity index is 727. The molecule has 0 aliphatic carbocycles. The van der Waals surface area contributed by atoms with Gasteiger partial charge >= 0.3 is 0 Å². The van der Waals surface area contributed by atoms with E-state index in [1.807, 2.05) is 49.4 Å². The Hall–Kier alpha value is -2.27. The van der Waals surface area contributed by atoms with E-state index >= 15 is 0 Å². The summed E-state index contributed by atoms with van der Waals surface area (Å²) >= 11 is 1.31. The molecule has 0 radical (unpaired) electrons. The van der Waals surface area contributed by atoms with Crippen LogP contribution in [0.3, 0.4) is 0 Å². The molecule has 138 valence electrons. The minimum Gasteiger partial charge on any atom is -0.355 e. The third-order valence-corrected chi connectivity index (χ3v) is 5.02. The van der Waals surface area contributed by atoms with Gasteiger partial charge < -0.3 is 10.6 Å². The molecule has 2 aromatic rings. The number of carbonyl (C=O) groups excluding carboxylic acids is 2. The fourth-order valence-electron chi connectivity index (χ4n) is 2.43. The highest BCUT2D eigenvalue weighted by atomic mass is 32.2. The summed E-state index contributed by atoms with van der Waals surface area (Å²) in [6, 6.07) is 17.8. The third-order valence-electron chi connectivity index (χ3n) is 4.08. The second-order valence-electron chi connectivity index (χ2n) is 6.93. The highest BCUT2D eigenvalue weighted by molar-refractivity contribution is 8.00. The van der Waals surface area contributed by atoms with Crippen molar-refractivity contribution in [3.05, 3.63) is 65.7 Å². The Labute approximate surface area is 159 Å². The minimum absolute atomic E-state index is 0.0536. The highest BCUT2D eigenvalue weighted by Gasteiger charge is 2.21. The quantitative estimate of drug-likeness (QED) is 0.744. The summed E-state index contributed by atoms with van der Waals surface area (Å²) in [4.78, 5) is 24.0. The Morgan fingerprint density at radius 2 is 1.54 bits per heavy atom. The van der Waals surface area contributed by atoms with E-state index in [9.17, 15) is 9.59 Å². The van der Waals surface area contributed by atoms with Crippen molar-refractivity contribution in [2.75, 3.05) is 23.4 Å². The summed E-state index contributed by atoms with van der Waals surface area (Å²) < 4.78 is 0. The molecule has 5 heteroatoms. The molecule has 0 bridgehead atoms. The summed E-state index contributed by atoms with van der Waals surface area (Å²) in [6.07, 6.45) is 0. The van der Waals surface area contributed by atoms with Crippen LogP contribution in [0.1, 0.15) is 25.0 Å². The van der Waals surface area contributed by atoms with Gasteiger partial charge in [-0.1, -0.05) is 61.9 Å². The number of nitrogens with one attached hydrogen (secondary N) is 2. The molecule has 0 saturated heterocycles. The topological polar surface area (TPSA) is 58.2 Å². The van der Waals surface area contributed by atoms with Crippen molar-refractivity contribution in [1.29, 1.82) is 0 Å². The lowest BCUT2D eigenvalue weighted by atomic mass is 9.85. The van der Waals surface area contributed by atoms with E-state index in [-0.39, 0.29) is 28.7 Å². The van der Waals surface area contributed by atoms with E-state index in [4.69, 9.17) is 0 Å². The maximum absolute atomic E-state index is 12.0. The zero-order valence-electron chi connectivity index (χ0n) is 15.5. The molecule has 0 aromatic heterocycles. The molecule has 0 unspecified atom stereocenters. The van der Waals surface area contributed by atoms with Crippen LogP contribution >= 0.6 is 11.8 Å². The first-order chi connectivity index (χ1) is 12.4. The smallest absolute Gasteiger partial charge is 0.234 e. The molecule has 0 heterocycles. The molecule has 2 amide bonds. The average Bonchev–Trinajstić information content (AvgIpc) is 2.63. The number of hydrogen-bond donors (Lipinski definition) is 2. The van der Waals surface area contributed by atoms with E-state index in [1.165, 1.54) is 17.3 Å². The van der Waals surface area contributed by atoms with Crippen molar-refractivity contribution in [3.8, 4) is 0 Å². The van der Waals surface area contributed by atoms with Gasteiger partial charge in [0.2, 0.25) is 11.8 Å². The number of amides is 2. The van der Waals surface area contributed by atoms with Gasteiger partial charge in [-0.05, 0) is 24.6 Å². The Morgan fingerprint density at radius 3 is 2.19 bits per heavy atom. The summed E-state index contributed by atoms with van der Waals surface area (Å²) in [5.41, 5.74) is 2.97. The second kappa shape index (κ2) is 9.43. The number of anilines is 1. The molecule has 2 aromatic carbocycles. The summed E-state index contributed by atoms with van der Waals surface area (Å²) in [7, 11) is 0. The number of rotatable bonds is 8. The highest BCUT2D eigenvalue weighted by Crippen LogP contribution is 2.21. The lowest BCUT2D eigenvalue weighted by Crippen LogP contribution is -2.37. The van der Waals surface area contributed by atoms with Gasteiger partial charge in [0.05, 0.1) is 11.5 Å². The fourth-order valence-corrected chi connectivity index (χ4v) is 3.08. The normalized spacial score (nSPS) is 11.0. The zero-order valence-corrected chi connectivity index (χ0v) is 16.4. The molecule has 4 nitrogen and oxygen atoms in total. The van der Waals surface area contributed by atoms with E-state index in [0.717, 1.165) is 11.3 Å². The lowest BCUT2D eigenvalue weighted by Gasteiger charge is -2.25. The average molecular weight is 371 g/mol.